The van der Waals surface area contributed by atoms with Crippen molar-refractivity contribution in [3.8, 4) is 0 Å². The molecule has 1 fully saturated rings. The second kappa shape index (κ2) is 6.35. The Hall–Kier alpha value is -1.75. The molecule has 0 spiro atoms. The molecule has 0 bridgehead atoms. The van der Waals surface area contributed by atoms with Crippen molar-refractivity contribution in [1.29, 1.82) is 0 Å². The molecule has 1 amide bonds. The molecule has 4 nitrogen and oxygen atoms in total. The van der Waals surface area contributed by atoms with Crippen LogP contribution in [-0.2, 0) is 0 Å². The zero-order valence-electron chi connectivity index (χ0n) is 12.1. The molecule has 21 heavy (non-hydrogen) atoms. The van der Waals surface area contributed by atoms with Crippen molar-refractivity contribution in [3.05, 3.63) is 36.0 Å². The van der Waals surface area contributed by atoms with E-state index in [2.05, 4.69) is 15.6 Å². The topological polar surface area (TPSA) is 54.0 Å². The predicted molar refractivity (Wildman–Crippen MR) is 89.1 cm³/mol. The Bertz CT molecular complexity index is 653. The SMILES string of the molecule is CNc1ncc(C(=O)NC2CCCSC2)c2ccccc12. The number of fused-ring (bicyclic) bond motifs is 1. The average molecular weight is 301 g/mol. The maximum absolute atomic E-state index is 12.5. The molecule has 1 unspecified atom stereocenters. The van der Waals surface area contributed by atoms with Crippen molar-refractivity contribution >= 4 is 34.3 Å². The van der Waals surface area contributed by atoms with E-state index in [0.29, 0.717) is 5.56 Å². The summed E-state index contributed by atoms with van der Waals surface area (Å²) in [6.07, 6.45) is 3.91. The highest BCUT2D eigenvalue weighted by atomic mass is 32.2. The normalized spacial score (nSPS) is 18.4. The molecular formula is C16H19N3OS. The molecule has 1 aliphatic heterocycles. The first-order valence-electron chi connectivity index (χ1n) is 7.23. The van der Waals surface area contributed by atoms with Crippen molar-refractivity contribution in [1.82, 2.24) is 10.3 Å². The summed E-state index contributed by atoms with van der Waals surface area (Å²) in [4.78, 5) is 16.9. The second-order valence-corrected chi connectivity index (χ2v) is 6.35. The van der Waals surface area contributed by atoms with Crippen molar-refractivity contribution in [2.24, 2.45) is 0 Å². The largest absolute Gasteiger partial charge is 0.373 e. The van der Waals surface area contributed by atoms with Gasteiger partial charge in [0.15, 0.2) is 0 Å². The minimum atomic E-state index is -0.0196. The van der Waals surface area contributed by atoms with Gasteiger partial charge in [-0.1, -0.05) is 24.3 Å². The predicted octanol–water partition coefficient (Wildman–Crippen LogP) is 2.90. The minimum absolute atomic E-state index is 0.0196. The third-order valence-corrected chi connectivity index (χ3v) is 4.99. The minimum Gasteiger partial charge on any atom is -0.373 e. The van der Waals surface area contributed by atoms with E-state index in [9.17, 15) is 4.79 Å². The molecule has 0 saturated carbocycles. The summed E-state index contributed by atoms with van der Waals surface area (Å²) in [5.74, 6) is 2.99. The summed E-state index contributed by atoms with van der Waals surface area (Å²) in [6.45, 7) is 0. The van der Waals surface area contributed by atoms with Crippen LogP contribution in [0.1, 0.15) is 23.2 Å². The van der Waals surface area contributed by atoms with Gasteiger partial charge in [-0.3, -0.25) is 4.79 Å². The lowest BCUT2D eigenvalue weighted by atomic mass is 10.1. The standard InChI is InChI=1S/C16H19N3OS/c1-17-15-13-7-3-2-6-12(13)14(9-18-15)16(20)19-11-5-4-8-21-10-11/h2-3,6-7,9,11H,4-5,8,10H2,1H3,(H,17,18)(H,19,20). The number of pyridine rings is 1. The number of nitrogens with zero attached hydrogens (tertiary/aromatic N) is 1. The maximum Gasteiger partial charge on any atom is 0.253 e. The van der Waals surface area contributed by atoms with Crippen molar-refractivity contribution in [2.45, 2.75) is 18.9 Å². The Kier molecular flexibility index (Phi) is 4.29. The highest BCUT2D eigenvalue weighted by Gasteiger charge is 2.19. The van der Waals surface area contributed by atoms with Crippen LogP contribution < -0.4 is 10.6 Å². The summed E-state index contributed by atoms with van der Waals surface area (Å²) in [7, 11) is 1.84. The first kappa shape index (κ1) is 14.2. The van der Waals surface area contributed by atoms with Crippen LogP contribution in [0, 0.1) is 0 Å². The third-order valence-electron chi connectivity index (χ3n) is 3.77. The van der Waals surface area contributed by atoms with E-state index >= 15 is 0 Å². The number of carbonyl (C=O) groups is 1. The lowest BCUT2D eigenvalue weighted by Gasteiger charge is -2.22. The van der Waals surface area contributed by atoms with Crippen LogP contribution in [0.15, 0.2) is 30.5 Å². The van der Waals surface area contributed by atoms with Crippen LogP contribution in [0.5, 0.6) is 0 Å². The van der Waals surface area contributed by atoms with Gasteiger partial charge < -0.3 is 10.6 Å². The Morgan fingerprint density at radius 1 is 1.33 bits per heavy atom. The summed E-state index contributed by atoms with van der Waals surface area (Å²) in [6, 6.07) is 8.15. The summed E-state index contributed by atoms with van der Waals surface area (Å²) in [5, 5.41) is 8.14. The monoisotopic (exact) mass is 301 g/mol. The number of aromatic nitrogens is 1. The van der Waals surface area contributed by atoms with Gasteiger partial charge in [0.05, 0.1) is 5.56 Å². The van der Waals surface area contributed by atoms with Crippen LogP contribution in [0.2, 0.25) is 0 Å². The van der Waals surface area contributed by atoms with Gasteiger partial charge in [-0.05, 0) is 24.0 Å². The van der Waals surface area contributed by atoms with Crippen LogP contribution in [0.3, 0.4) is 0 Å². The van der Waals surface area contributed by atoms with E-state index in [0.717, 1.165) is 28.8 Å². The Morgan fingerprint density at radius 2 is 2.14 bits per heavy atom. The smallest absolute Gasteiger partial charge is 0.253 e. The number of nitrogens with one attached hydrogen (secondary N) is 2. The lowest BCUT2D eigenvalue weighted by Crippen LogP contribution is -2.38. The number of carbonyl (C=O) groups excluding carboxylic acids is 1. The van der Waals surface area contributed by atoms with Crippen molar-refractivity contribution in [3.63, 3.8) is 0 Å². The highest BCUT2D eigenvalue weighted by molar-refractivity contribution is 7.99. The number of anilines is 1. The zero-order chi connectivity index (χ0) is 14.7. The van der Waals surface area contributed by atoms with Crippen LogP contribution in [0.25, 0.3) is 10.8 Å². The van der Waals surface area contributed by atoms with Gasteiger partial charge in [0.2, 0.25) is 0 Å². The quantitative estimate of drug-likeness (QED) is 0.915. The Labute approximate surface area is 128 Å². The molecule has 3 rings (SSSR count). The number of amides is 1. The van der Waals surface area contributed by atoms with Gasteiger partial charge in [-0.2, -0.15) is 11.8 Å². The number of rotatable bonds is 3. The van der Waals surface area contributed by atoms with E-state index in [1.807, 2.05) is 43.1 Å². The Balaban J connectivity index is 1.91. The van der Waals surface area contributed by atoms with E-state index in [4.69, 9.17) is 0 Å². The van der Waals surface area contributed by atoms with E-state index in [-0.39, 0.29) is 11.9 Å². The summed E-state index contributed by atoms with van der Waals surface area (Å²) < 4.78 is 0. The zero-order valence-corrected chi connectivity index (χ0v) is 12.9. The van der Waals surface area contributed by atoms with Crippen molar-refractivity contribution < 1.29 is 4.79 Å². The fourth-order valence-corrected chi connectivity index (χ4v) is 3.76. The third kappa shape index (κ3) is 2.97. The van der Waals surface area contributed by atoms with Gasteiger partial charge in [0, 0.05) is 30.4 Å². The molecule has 2 aromatic rings. The van der Waals surface area contributed by atoms with Gasteiger partial charge in [-0.15, -0.1) is 0 Å². The molecule has 1 saturated heterocycles. The number of hydrogen-bond donors (Lipinski definition) is 2. The van der Waals surface area contributed by atoms with Gasteiger partial charge >= 0.3 is 0 Å². The molecule has 110 valence electrons. The van der Waals surface area contributed by atoms with E-state index in [1.54, 1.807) is 6.20 Å². The summed E-state index contributed by atoms with van der Waals surface area (Å²) >= 11 is 1.91. The molecular weight excluding hydrogens is 282 g/mol. The van der Waals surface area contributed by atoms with Crippen LogP contribution in [-0.4, -0.2) is 35.5 Å². The molecule has 5 heteroatoms. The number of thioether (sulfide) groups is 1. The lowest BCUT2D eigenvalue weighted by molar-refractivity contribution is 0.0940. The first-order valence-corrected chi connectivity index (χ1v) is 8.39. The molecule has 1 aromatic heterocycles. The second-order valence-electron chi connectivity index (χ2n) is 5.20. The molecule has 1 aliphatic rings. The van der Waals surface area contributed by atoms with Crippen molar-refractivity contribution in [2.75, 3.05) is 23.9 Å². The fourth-order valence-electron chi connectivity index (χ4n) is 2.69. The van der Waals surface area contributed by atoms with Gasteiger partial charge in [0.1, 0.15) is 5.82 Å². The molecule has 1 aromatic carbocycles. The highest BCUT2D eigenvalue weighted by Crippen LogP contribution is 2.24. The Morgan fingerprint density at radius 3 is 2.86 bits per heavy atom. The van der Waals surface area contributed by atoms with E-state index in [1.165, 1.54) is 12.2 Å². The van der Waals surface area contributed by atoms with Gasteiger partial charge in [-0.25, -0.2) is 4.98 Å². The van der Waals surface area contributed by atoms with Crippen LogP contribution >= 0.6 is 11.8 Å². The molecule has 0 aliphatic carbocycles. The number of hydrogen-bond acceptors (Lipinski definition) is 4. The molecule has 2 N–H and O–H groups in total. The van der Waals surface area contributed by atoms with Crippen LogP contribution in [0.4, 0.5) is 5.82 Å². The van der Waals surface area contributed by atoms with Gasteiger partial charge in [0.25, 0.3) is 5.91 Å². The van der Waals surface area contributed by atoms with E-state index < -0.39 is 0 Å². The molecule has 2 heterocycles. The summed E-state index contributed by atoms with van der Waals surface area (Å²) in [5.41, 5.74) is 0.653. The first-order chi connectivity index (χ1) is 10.3. The maximum atomic E-state index is 12.5. The average Bonchev–Trinajstić information content (AvgIpc) is 2.54. The molecule has 0 radical (unpaired) electrons. The number of benzene rings is 1. The fraction of sp³-hybridized carbons (Fsp3) is 0.375. The molecule has 1 atom stereocenters.